The molecule has 4 rings (SSSR count). The maximum absolute atomic E-state index is 13.3. The standard InChI is InChI=1S/C19H17FN4O2/c20-14-6-4-13(5-7-14)18-19(23-10-2-1-3-16(23)21-18)15-8-9-17(26)24(22-15)11-12-25/h1-7,10,25H,8-9,11-12H2. The minimum atomic E-state index is -0.311. The van der Waals surface area contributed by atoms with Crippen molar-refractivity contribution in [3.8, 4) is 11.3 Å². The highest BCUT2D eigenvalue weighted by Gasteiger charge is 2.26. The van der Waals surface area contributed by atoms with Gasteiger partial charge in [0.2, 0.25) is 5.91 Å². The molecule has 132 valence electrons. The van der Waals surface area contributed by atoms with Crippen molar-refractivity contribution in [3.63, 3.8) is 0 Å². The second kappa shape index (κ2) is 6.68. The Balaban J connectivity index is 1.90. The molecule has 1 aliphatic heterocycles. The highest BCUT2D eigenvalue weighted by molar-refractivity contribution is 6.07. The number of imidazole rings is 1. The van der Waals surface area contributed by atoms with Crippen LogP contribution in [0.5, 0.6) is 0 Å². The Labute approximate surface area is 149 Å². The number of hydrazone groups is 1. The SMILES string of the molecule is O=C1CCC(c2c(-c3ccc(F)cc3)nc3ccccn23)=NN1CCO. The van der Waals surface area contributed by atoms with Gasteiger partial charge in [-0.25, -0.2) is 14.4 Å². The van der Waals surface area contributed by atoms with Crippen molar-refractivity contribution in [3.05, 3.63) is 60.2 Å². The summed E-state index contributed by atoms with van der Waals surface area (Å²) < 4.78 is 15.2. The maximum atomic E-state index is 13.3. The maximum Gasteiger partial charge on any atom is 0.243 e. The second-order valence-corrected chi connectivity index (χ2v) is 6.03. The van der Waals surface area contributed by atoms with Gasteiger partial charge >= 0.3 is 0 Å². The fourth-order valence-corrected chi connectivity index (χ4v) is 3.12. The molecule has 26 heavy (non-hydrogen) atoms. The number of β-amino-alcohol motifs (C(OH)–C–C–N with tert-alkyl or cyclic N) is 1. The second-order valence-electron chi connectivity index (χ2n) is 6.03. The molecule has 7 heteroatoms. The minimum Gasteiger partial charge on any atom is -0.394 e. The highest BCUT2D eigenvalue weighted by atomic mass is 19.1. The van der Waals surface area contributed by atoms with E-state index in [1.165, 1.54) is 17.1 Å². The first-order chi connectivity index (χ1) is 12.7. The number of carbonyl (C=O) groups is 1. The van der Waals surface area contributed by atoms with Crippen LogP contribution >= 0.6 is 0 Å². The van der Waals surface area contributed by atoms with Crippen molar-refractivity contribution >= 4 is 17.3 Å². The molecular formula is C19H17FN4O2. The number of hydrogen-bond acceptors (Lipinski definition) is 4. The number of pyridine rings is 1. The Morgan fingerprint density at radius 1 is 1.12 bits per heavy atom. The molecule has 3 heterocycles. The minimum absolute atomic E-state index is 0.111. The monoisotopic (exact) mass is 352 g/mol. The zero-order valence-corrected chi connectivity index (χ0v) is 14.0. The average molecular weight is 352 g/mol. The van der Waals surface area contributed by atoms with Crippen LogP contribution in [0, 0.1) is 5.82 Å². The lowest BCUT2D eigenvalue weighted by molar-refractivity contribution is -0.132. The summed E-state index contributed by atoms with van der Waals surface area (Å²) >= 11 is 0. The van der Waals surface area contributed by atoms with Gasteiger partial charge in [0.15, 0.2) is 0 Å². The van der Waals surface area contributed by atoms with Crippen molar-refractivity contribution in [2.75, 3.05) is 13.2 Å². The summed E-state index contributed by atoms with van der Waals surface area (Å²) in [4.78, 5) is 16.7. The smallest absolute Gasteiger partial charge is 0.243 e. The Kier molecular flexibility index (Phi) is 4.22. The van der Waals surface area contributed by atoms with Crippen molar-refractivity contribution in [1.82, 2.24) is 14.4 Å². The molecule has 0 spiro atoms. The predicted octanol–water partition coefficient (Wildman–Crippen LogP) is 2.46. The zero-order valence-electron chi connectivity index (χ0n) is 14.0. The summed E-state index contributed by atoms with van der Waals surface area (Å²) in [6.07, 6.45) is 2.69. The van der Waals surface area contributed by atoms with Gasteiger partial charge in [0.05, 0.1) is 30.3 Å². The largest absolute Gasteiger partial charge is 0.394 e. The molecule has 0 radical (unpaired) electrons. The first-order valence-corrected chi connectivity index (χ1v) is 8.39. The van der Waals surface area contributed by atoms with Gasteiger partial charge in [0.25, 0.3) is 0 Å². The van der Waals surface area contributed by atoms with E-state index in [1.807, 2.05) is 28.8 Å². The van der Waals surface area contributed by atoms with Gasteiger partial charge in [-0.1, -0.05) is 6.07 Å². The number of nitrogens with zero attached hydrogens (tertiary/aromatic N) is 4. The van der Waals surface area contributed by atoms with E-state index in [4.69, 9.17) is 5.11 Å². The molecule has 2 aromatic heterocycles. The van der Waals surface area contributed by atoms with Crippen LogP contribution in [0.3, 0.4) is 0 Å². The third-order valence-electron chi connectivity index (χ3n) is 4.34. The molecule has 0 bridgehead atoms. The third-order valence-corrected chi connectivity index (χ3v) is 4.34. The van der Waals surface area contributed by atoms with Crippen LogP contribution in [0.2, 0.25) is 0 Å². The summed E-state index contributed by atoms with van der Waals surface area (Å²) in [6.45, 7) is 0.00540. The molecule has 0 saturated carbocycles. The number of amides is 1. The van der Waals surface area contributed by atoms with Gasteiger partial charge in [0.1, 0.15) is 11.5 Å². The summed E-state index contributed by atoms with van der Waals surface area (Å²) in [7, 11) is 0. The first kappa shape index (κ1) is 16.4. The van der Waals surface area contributed by atoms with E-state index >= 15 is 0 Å². The van der Waals surface area contributed by atoms with Gasteiger partial charge in [-0.15, -0.1) is 0 Å². The molecule has 0 fully saturated rings. The molecule has 3 aromatic rings. The van der Waals surface area contributed by atoms with Crippen LogP contribution in [-0.4, -0.2) is 44.3 Å². The summed E-state index contributed by atoms with van der Waals surface area (Å²) in [5, 5.41) is 14.9. The van der Waals surface area contributed by atoms with Gasteiger partial charge in [-0.05, 0) is 36.4 Å². The fraction of sp³-hybridized carbons (Fsp3) is 0.211. The van der Waals surface area contributed by atoms with E-state index in [2.05, 4.69) is 10.1 Å². The highest BCUT2D eigenvalue weighted by Crippen LogP contribution is 2.28. The normalized spacial score (nSPS) is 14.8. The molecule has 6 nitrogen and oxygen atoms in total. The van der Waals surface area contributed by atoms with Gasteiger partial charge in [-0.3, -0.25) is 9.20 Å². The number of fused-ring (bicyclic) bond motifs is 1. The van der Waals surface area contributed by atoms with E-state index in [9.17, 15) is 9.18 Å². The zero-order chi connectivity index (χ0) is 18.1. The predicted molar refractivity (Wildman–Crippen MR) is 95.2 cm³/mol. The Morgan fingerprint density at radius 2 is 1.92 bits per heavy atom. The summed E-state index contributed by atoms with van der Waals surface area (Å²) in [5.74, 6) is -0.422. The Bertz CT molecular complexity index is 994. The number of halogens is 1. The van der Waals surface area contributed by atoms with E-state index in [1.54, 1.807) is 12.1 Å². The fourth-order valence-electron chi connectivity index (χ4n) is 3.12. The van der Waals surface area contributed by atoms with Crippen LogP contribution in [0.25, 0.3) is 16.9 Å². The van der Waals surface area contributed by atoms with Crippen LogP contribution < -0.4 is 0 Å². The van der Waals surface area contributed by atoms with Crippen molar-refractivity contribution in [2.24, 2.45) is 5.10 Å². The van der Waals surface area contributed by atoms with E-state index in [0.29, 0.717) is 18.5 Å². The van der Waals surface area contributed by atoms with Gasteiger partial charge in [-0.2, -0.15) is 5.10 Å². The molecule has 1 N–H and O–H groups in total. The van der Waals surface area contributed by atoms with Crippen LogP contribution in [-0.2, 0) is 4.79 Å². The van der Waals surface area contributed by atoms with Crippen LogP contribution in [0.1, 0.15) is 18.5 Å². The molecule has 0 atom stereocenters. The molecule has 0 unspecified atom stereocenters. The molecular weight excluding hydrogens is 335 g/mol. The van der Waals surface area contributed by atoms with Crippen molar-refractivity contribution < 1.29 is 14.3 Å². The molecule has 0 aliphatic carbocycles. The Morgan fingerprint density at radius 3 is 2.69 bits per heavy atom. The molecule has 0 saturated heterocycles. The number of aliphatic hydroxyl groups is 1. The summed E-state index contributed by atoms with van der Waals surface area (Å²) in [5.41, 5.74) is 3.71. The lowest BCUT2D eigenvalue weighted by Gasteiger charge is -2.23. The van der Waals surface area contributed by atoms with Crippen LogP contribution in [0.4, 0.5) is 4.39 Å². The number of aliphatic hydroxyl groups excluding tert-OH is 1. The van der Waals surface area contributed by atoms with E-state index in [-0.39, 0.29) is 24.9 Å². The topological polar surface area (TPSA) is 70.2 Å². The molecule has 1 aromatic carbocycles. The van der Waals surface area contributed by atoms with E-state index < -0.39 is 0 Å². The number of hydrogen-bond donors (Lipinski definition) is 1. The van der Waals surface area contributed by atoms with Crippen LogP contribution in [0.15, 0.2) is 53.8 Å². The number of carbonyl (C=O) groups excluding carboxylic acids is 1. The van der Waals surface area contributed by atoms with Gasteiger partial charge in [0, 0.05) is 24.6 Å². The third kappa shape index (κ3) is 2.86. The molecule has 1 aliphatic rings. The average Bonchev–Trinajstić information content (AvgIpc) is 3.04. The van der Waals surface area contributed by atoms with Crippen molar-refractivity contribution in [2.45, 2.75) is 12.8 Å². The van der Waals surface area contributed by atoms with Crippen molar-refractivity contribution in [1.29, 1.82) is 0 Å². The number of benzene rings is 1. The lowest BCUT2D eigenvalue weighted by atomic mass is 10.0. The lowest BCUT2D eigenvalue weighted by Crippen LogP contribution is -2.34. The number of rotatable bonds is 4. The molecule has 1 amide bonds. The quantitative estimate of drug-likeness (QED) is 0.784. The first-order valence-electron chi connectivity index (χ1n) is 8.39. The summed E-state index contributed by atoms with van der Waals surface area (Å²) in [6, 6.07) is 11.8. The number of aromatic nitrogens is 2. The van der Waals surface area contributed by atoms with E-state index in [0.717, 1.165) is 22.6 Å². The Hall–Kier alpha value is -3.06. The van der Waals surface area contributed by atoms with Gasteiger partial charge < -0.3 is 5.11 Å².